The summed E-state index contributed by atoms with van der Waals surface area (Å²) < 4.78 is 17.8. The fraction of sp³-hybridized carbons (Fsp3) is 0.552. The van der Waals surface area contributed by atoms with E-state index in [1.165, 1.54) is 49.3 Å². The van der Waals surface area contributed by atoms with Gasteiger partial charge in [0.2, 0.25) is 23.6 Å². The Morgan fingerprint density at radius 2 is 1.31 bits per heavy atom. The fourth-order valence-corrected chi connectivity index (χ4v) is 10.6. The first-order chi connectivity index (χ1) is 36.7. The molecule has 0 radical (unpaired) electrons. The number of imide groups is 2. The number of likely N-dealkylation sites (N-methyl/N-ethyl adjacent to an activating group) is 2. The molecule has 0 aliphatic carbocycles. The van der Waals surface area contributed by atoms with Crippen molar-refractivity contribution in [3.05, 3.63) is 84.0 Å². The van der Waals surface area contributed by atoms with Crippen molar-refractivity contribution in [2.24, 2.45) is 23.7 Å². The molecule has 20 heteroatoms. The van der Waals surface area contributed by atoms with E-state index in [0.717, 1.165) is 39.7 Å². The van der Waals surface area contributed by atoms with Gasteiger partial charge in [0.05, 0.1) is 48.0 Å². The fourth-order valence-electron chi connectivity index (χ4n) is 10.6. The van der Waals surface area contributed by atoms with Gasteiger partial charge in [-0.25, -0.2) is 14.6 Å². The molecule has 0 saturated carbocycles. The van der Waals surface area contributed by atoms with Crippen molar-refractivity contribution < 1.29 is 62.2 Å². The summed E-state index contributed by atoms with van der Waals surface area (Å²) in [4.78, 5) is 143. The summed E-state index contributed by atoms with van der Waals surface area (Å²) in [6.45, 7) is 18.3. The number of nitrogens with one attached hydrogen (secondary N) is 2. The highest BCUT2D eigenvalue weighted by Gasteiger charge is 2.45. The molecule has 2 aromatic rings. The molecular formula is C58H79N7O13. The number of carbonyl (C=O) groups is 10. The van der Waals surface area contributed by atoms with Gasteiger partial charge >= 0.3 is 5.97 Å². The van der Waals surface area contributed by atoms with Crippen LogP contribution in [0.1, 0.15) is 111 Å². The van der Waals surface area contributed by atoms with E-state index in [9.17, 15) is 47.9 Å². The third-order valence-corrected chi connectivity index (χ3v) is 14.7. The Balaban J connectivity index is 1.33. The molecule has 5 rings (SSSR count). The van der Waals surface area contributed by atoms with Crippen molar-refractivity contribution in [3.63, 3.8) is 0 Å². The van der Waals surface area contributed by atoms with Crippen molar-refractivity contribution in [2.45, 2.75) is 149 Å². The van der Waals surface area contributed by atoms with E-state index in [-0.39, 0.29) is 41.6 Å². The minimum Gasteiger partial charge on any atom is -0.458 e. The predicted octanol–water partition coefficient (Wildman–Crippen LogP) is 4.77. The normalized spacial score (nSPS) is 18.7. The number of benzene rings is 2. The van der Waals surface area contributed by atoms with Crippen LogP contribution in [0.2, 0.25) is 0 Å². The van der Waals surface area contributed by atoms with Gasteiger partial charge in [-0.15, -0.1) is 0 Å². The lowest BCUT2D eigenvalue weighted by molar-refractivity contribution is -0.159. The smallest absolute Gasteiger partial charge is 0.329 e. The number of hydrogen-bond acceptors (Lipinski definition) is 13. The number of hydrogen-bond donors (Lipinski definition) is 2. The summed E-state index contributed by atoms with van der Waals surface area (Å²) in [6.07, 6.45) is 4.43. The number of amides is 9. The summed E-state index contributed by atoms with van der Waals surface area (Å²) in [5, 5.41) is 5.83. The molecule has 78 heavy (non-hydrogen) atoms. The van der Waals surface area contributed by atoms with Gasteiger partial charge in [0.15, 0.2) is 0 Å². The summed E-state index contributed by atoms with van der Waals surface area (Å²) in [7, 11) is 5.99. The van der Waals surface area contributed by atoms with Crippen molar-refractivity contribution >= 4 is 70.5 Å². The molecule has 0 spiro atoms. The standard InChI is InChI=1S/C58H79N7O13/c1-15-35(6)51(43(76-13)32-48(70)63-29-19-22-41(63)52(77-14)36(7)53(71)59-39(57(75)78-58(8,9)10)30-37-20-17-16-18-21-37)62(12)56(74)49(33(2)3)60-54(72)50(34(4)5)61(11)55(73)38-23-24-40(64-44(66)25-26-45(64)67)42(31-38)65-46(68)27-28-47(65)69/h16-18,20-21,23-28,31,33-36,39,41,43,49-52H,15,19,22,29-30,32H2,1-14H3,(H,59,71)(H,60,72)/t35-,36+,39?,41-,43+,49-,50-,51-,52+/m0/s1. The van der Waals surface area contributed by atoms with Crippen molar-refractivity contribution in [1.82, 2.24) is 25.3 Å². The first-order valence-corrected chi connectivity index (χ1v) is 26.7. The van der Waals surface area contributed by atoms with Crippen LogP contribution < -0.4 is 20.4 Å². The zero-order valence-electron chi connectivity index (χ0n) is 47.6. The summed E-state index contributed by atoms with van der Waals surface area (Å²) in [5.41, 5.74) is -0.320. The number of nitrogens with zero attached hydrogens (tertiary/aromatic N) is 5. The number of anilines is 2. The maximum absolute atomic E-state index is 14.8. The maximum atomic E-state index is 14.8. The second kappa shape index (κ2) is 26.5. The van der Waals surface area contributed by atoms with E-state index in [1.54, 1.807) is 67.3 Å². The lowest BCUT2D eigenvalue weighted by Crippen LogP contribution is -2.60. The summed E-state index contributed by atoms with van der Waals surface area (Å²) >= 11 is 0. The Morgan fingerprint density at radius 3 is 1.82 bits per heavy atom. The maximum Gasteiger partial charge on any atom is 0.329 e. The molecule has 2 N–H and O–H groups in total. The molecule has 424 valence electrons. The van der Waals surface area contributed by atoms with Gasteiger partial charge in [0.1, 0.15) is 23.7 Å². The molecule has 1 fully saturated rings. The molecular weight excluding hydrogens is 1000 g/mol. The van der Waals surface area contributed by atoms with Crippen LogP contribution in [0, 0.1) is 23.7 Å². The minimum atomic E-state index is -1.16. The highest BCUT2D eigenvalue weighted by atomic mass is 16.6. The first-order valence-electron chi connectivity index (χ1n) is 26.7. The van der Waals surface area contributed by atoms with Crippen LogP contribution in [0.25, 0.3) is 0 Å². The van der Waals surface area contributed by atoms with Gasteiger partial charge < -0.3 is 39.5 Å². The van der Waals surface area contributed by atoms with Crippen LogP contribution in [0.5, 0.6) is 0 Å². The van der Waals surface area contributed by atoms with Gasteiger partial charge in [0.25, 0.3) is 29.5 Å². The van der Waals surface area contributed by atoms with E-state index in [0.29, 0.717) is 25.8 Å². The van der Waals surface area contributed by atoms with Crippen LogP contribution in [0.4, 0.5) is 11.4 Å². The summed E-state index contributed by atoms with van der Waals surface area (Å²) in [6, 6.07) is 8.70. The highest BCUT2D eigenvalue weighted by Crippen LogP contribution is 2.36. The SMILES string of the molecule is CC[C@H](C)[C@@H]([C@@H](CC(=O)N1CCC[C@H]1[C@H](OC)[C@@H](C)C(=O)NC(Cc1ccccc1)C(=O)OC(C)(C)C)OC)N(C)C(=O)[C@@H](NC(=O)[C@H](C(C)C)N(C)C(=O)c1ccc(N2C(=O)C=CC2=O)c(N2C(=O)C=CC2=O)c1)C(C)C. The second-order valence-corrected chi connectivity index (χ2v) is 22.1. The second-order valence-electron chi connectivity index (χ2n) is 22.1. The van der Waals surface area contributed by atoms with Gasteiger partial charge in [-0.3, -0.25) is 43.2 Å². The Labute approximate surface area is 458 Å². The number of methoxy groups -OCH3 is 2. The zero-order chi connectivity index (χ0) is 58.1. The molecule has 0 aromatic heterocycles. The Hall–Kier alpha value is -7.06. The molecule has 1 unspecified atom stereocenters. The van der Waals surface area contributed by atoms with Crippen molar-refractivity contribution in [3.8, 4) is 0 Å². The van der Waals surface area contributed by atoms with E-state index in [1.807, 2.05) is 44.2 Å². The monoisotopic (exact) mass is 1080 g/mol. The van der Waals surface area contributed by atoms with Crippen molar-refractivity contribution in [1.29, 1.82) is 0 Å². The average Bonchev–Trinajstić information content (AvgIpc) is 4.14. The van der Waals surface area contributed by atoms with Crippen LogP contribution >= 0.6 is 0 Å². The Bertz CT molecular complexity index is 2610. The molecule has 1 saturated heterocycles. The van der Waals surface area contributed by atoms with Gasteiger partial charge in [-0.1, -0.05) is 85.2 Å². The molecule has 3 heterocycles. The molecule has 2 aromatic carbocycles. The van der Waals surface area contributed by atoms with E-state index in [4.69, 9.17) is 14.2 Å². The molecule has 9 amide bonds. The Kier molecular flexibility index (Phi) is 21.0. The topological polar surface area (TPSA) is 239 Å². The molecule has 3 aliphatic heterocycles. The first kappa shape index (κ1) is 61.8. The van der Waals surface area contributed by atoms with Crippen molar-refractivity contribution in [2.75, 3.05) is 44.7 Å². The molecule has 3 aliphatic rings. The van der Waals surface area contributed by atoms with E-state index < -0.39 is 119 Å². The van der Waals surface area contributed by atoms with Gasteiger partial charge in [-0.05, 0) is 75.1 Å². The Morgan fingerprint density at radius 1 is 0.731 bits per heavy atom. The molecule has 9 atom stereocenters. The number of esters is 1. The number of carbonyl (C=O) groups excluding carboxylic acids is 10. The van der Waals surface area contributed by atoms with Gasteiger partial charge in [0, 0.05) is 71.1 Å². The number of likely N-dealkylation sites (tertiary alicyclic amines) is 1. The largest absolute Gasteiger partial charge is 0.458 e. The molecule has 20 nitrogen and oxygen atoms in total. The van der Waals surface area contributed by atoms with E-state index in [2.05, 4.69) is 10.6 Å². The number of rotatable bonds is 24. The van der Waals surface area contributed by atoms with Gasteiger partial charge in [-0.2, -0.15) is 0 Å². The third-order valence-electron chi connectivity index (χ3n) is 14.7. The summed E-state index contributed by atoms with van der Waals surface area (Å²) in [5.74, 6) is -7.98. The lowest BCUT2D eigenvalue weighted by Gasteiger charge is -2.41. The number of ether oxygens (including phenoxy) is 3. The predicted molar refractivity (Wildman–Crippen MR) is 291 cm³/mol. The van der Waals surface area contributed by atoms with Crippen LogP contribution in [0.15, 0.2) is 72.8 Å². The van der Waals surface area contributed by atoms with E-state index >= 15 is 0 Å². The lowest BCUT2D eigenvalue weighted by atomic mass is 9.89. The quantitative estimate of drug-likeness (QED) is 0.107. The van der Waals surface area contributed by atoms with Crippen LogP contribution in [-0.4, -0.2) is 157 Å². The average molecular weight is 1080 g/mol. The zero-order valence-corrected chi connectivity index (χ0v) is 47.6. The highest BCUT2D eigenvalue weighted by molar-refractivity contribution is 6.33. The third kappa shape index (κ3) is 14.3. The van der Waals surface area contributed by atoms with Crippen LogP contribution in [-0.2, 0) is 63.8 Å². The minimum absolute atomic E-state index is 0.0667. The molecule has 0 bridgehead atoms. The van der Waals surface area contributed by atoms with Crippen LogP contribution in [0.3, 0.4) is 0 Å².